The first-order chi connectivity index (χ1) is 18.6. The third kappa shape index (κ3) is 4.33. The van der Waals surface area contributed by atoms with E-state index in [2.05, 4.69) is 43.0 Å². The number of imidazole rings is 1. The number of halogens is 1. The minimum atomic E-state index is -0.630. The number of fused-ring (bicyclic) bond motifs is 2. The maximum atomic E-state index is 9.95. The fourth-order valence-corrected chi connectivity index (χ4v) is 5.67. The van der Waals surface area contributed by atoms with Crippen LogP contribution in [-0.4, -0.2) is 88.9 Å². The lowest BCUT2D eigenvalue weighted by atomic mass is 10.1. The van der Waals surface area contributed by atoms with Crippen molar-refractivity contribution in [2.75, 3.05) is 49.2 Å². The topological polar surface area (TPSA) is 109 Å². The van der Waals surface area contributed by atoms with Crippen LogP contribution in [0.1, 0.15) is 0 Å². The Morgan fingerprint density at radius 1 is 0.947 bits per heavy atom. The molecule has 3 aromatic heterocycles. The largest absolute Gasteiger partial charge is 0.456 e. The third-order valence-corrected chi connectivity index (χ3v) is 7.70. The Labute approximate surface area is 224 Å². The molecule has 10 nitrogen and oxygen atoms in total. The lowest BCUT2D eigenvalue weighted by Crippen LogP contribution is -2.46. The minimum Gasteiger partial charge on any atom is -0.456 e. The number of nitrogens with one attached hydrogen (secondary N) is 1. The molecule has 0 radical (unpaired) electrons. The van der Waals surface area contributed by atoms with Gasteiger partial charge in [0.2, 0.25) is 0 Å². The molecule has 4 atom stereocenters. The normalized spacial score (nSPS) is 25.2. The molecule has 0 bridgehead atoms. The number of rotatable bonds is 5. The van der Waals surface area contributed by atoms with E-state index in [4.69, 9.17) is 30.8 Å². The number of aromatic nitrogens is 4. The molecule has 6 heterocycles. The van der Waals surface area contributed by atoms with Crippen molar-refractivity contribution >= 4 is 34.3 Å². The number of hydrogen-bond donors (Lipinski definition) is 2. The maximum absolute atomic E-state index is 9.95. The van der Waals surface area contributed by atoms with Crippen LogP contribution in [0.3, 0.4) is 0 Å². The zero-order chi connectivity index (χ0) is 25.6. The molecular formula is C27H27ClN6O4. The predicted octanol–water partition coefficient (Wildman–Crippen LogP) is 2.91. The van der Waals surface area contributed by atoms with Crippen molar-refractivity contribution in [2.45, 2.75) is 24.4 Å². The van der Waals surface area contributed by atoms with Gasteiger partial charge in [-0.3, -0.25) is 0 Å². The molecule has 2 N–H and O–H groups in total. The molecule has 0 saturated carbocycles. The summed E-state index contributed by atoms with van der Waals surface area (Å²) < 4.78 is 17.3. The number of benzene rings is 1. The second kappa shape index (κ2) is 9.70. The quantitative estimate of drug-likeness (QED) is 0.399. The third-order valence-electron chi connectivity index (χ3n) is 7.41. The van der Waals surface area contributed by atoms with Crippen LogP contribution in [0.25, 0.3) is 22.4 Å². The summed E-state index contributed by atoms with van der Waals surface area (Å²) in [6.07, 6.45) is 0.170. The summed E-state index contributed by atoms with van der Waals surface area (Å²) in [5, 5.41) is 10.5. The van der Waals surface area contributed by atoms with Crippen LogP contribution in [0.4, 0.5) is 11.5 Å². The Kier molecular flexibility index (Phi) is 6.04. The van der Waals surface area contributed by atoms with Crippen molar-refractivity contribution in [2.24, 2.45) is 0 Å². The summed E-state index contributed by atoms with van der Waals surface area (Å²) >= 11 is 6.63. The van der Waals surface area contributed by atoms with E-state index in [-0.39, 0.29) is 24.9 Å². The van der Waals surface area contributed by atoms with Gasteiger partial charge in [-0.05, 0) is 30.3 Å². The van der Waals surface area contributed by atoms with Crippen molar-refractivity contribution in [3.05, 3.63) is 59.8 Å². The van der Waals surface area contributed by atoms with Gasteiger partial charge < -0.3 is 34.1 Å². The van der Waals surface area contributed by atoms with E-state index >= 15 is 0 Å². The number of piperazine rings is 1. The maximum Gasteiger partial charge on any atom is 0.296 e. The first kappa shape index (κ1) is 23.7. The molecule has 0 aliphatic carbocycles. The summed E-state index contributed by atoms with van der Waals surface area (Å²) in [6, 6.07) is 16.5. The van der Waals surface area contributed by atoms with Crippen LogP contribution in [0.5, 0.6) is 6.01 Å². The second-order valence-corrected chi connectivity index (χ2v) is 10.2. The molecule has 7 rings (SSSR count). The van der Waals surface area contributed by atoms with Crippen LogP contribution < -0.4 is 14.5 Å². The number of hydrogen-bond acceptors (Lipinski definition) is 9. The van der Waals surface area contributed by atoms with Crippen molar-refractivity contribution in [1.29, 1.82) is 0 Å². The van der Waals surface area contributed by atoms with Crippen LogP contribution in [0, 0.1) is 0 Å². The van der Waals surface area contributed by atoms with Crippen molar-refractivity contribution < 1.29 is 19.3 Å². The van der Waals surface area contributed by atoms with E-state index < -0.39 is 6.10 Å². The minimum absolute atomic E-state index is 0.246. The molecule has 4 unspecified atom stereocenters. The summed E-state index contributed by atoms with van der Waals surface area (Å²) in [5.41, 5.74) is 3.93. The Balaban J connectivity index is 1.05. The predicted molar refractivity (Wildman–Crippen MR) is 143 cm³/mol. The number of aliphatic hydroxyl groups is 1. The van der Waals surface area contributed by atoms with Gasteiger partial charge in [0.05, 0.1) is 29.4 Å². The van der Waals surface area contributed by atoms with E-state index in [9.17, 15) is 5.11 Å². The van der Waals surface area contributed by atoms with E-state index in [0.717, 1.165) is 37.6 Å². The van der Waals surface area contributed by atoms with Gasteiger partial charge in [0.25, 0.3) is 6.01 Å². The molecule has 0 spiro atoms. The molecule has 196 valence electrons. The second-order valence-electron chi connectivity index (χ2n) is 9.76. The molecule has 0 amide bonds. The highest BCUT2D eigenvalue weighted by Crippen LogP contribution is 2.33. The smallest absolute Gasteiger partial charge is 0.296 e. The number of ether oxygens (including phenoxy) is 3. The van der Waals surface area contributed by atoms with E-state index in [1.54, 1.807) is 0 Å². The number of H-pyrrole nitrogens is 1. The number of anilines is 2. The summed E-state index contributed by atoms with van der Waals surface area (Å²) in [4.78, 5) is 21.5. The molecule has 3 aliphatic rings. The van der Waals surface area contributed by atoms with Gasteiger partial charge in [0, 0.05) is 43.6 Å². The number of pyridine rings is 2. The Morgan fingerprint density at radius 2 is 1.74 bits per heavy atom. The van der Waals surface area contributed by atoms with Crippen molar-refractivity contribution in [3.63, 3.8) is 0 Å². The molecule has 38 heavy (non-hydrogen) atoms. The zero-order valence-corrected chi connectivity index (χ0v) is 21.3. The highest BCUT2D eigenvalue weighted by atomic mass is 35.5. The van der Waals surface area contributed by atoms with Gasteiger partial charge in [-0.1, -0.05) is 29.8 Å². The average Bonchev–Trinajstić information content (AvgIpc) is 3.65. The first-order valence-electron chi connectivity index (χ1n) is 12.8. The zero-order valence-electron chi connectivity index (χ0n) is 20.5. The fraction of sp³-hybridized carbons (Fsp3) is 0.370. The van der Waals surface area contributed by atoms with Gasteiger partial charge in [-0.2, -0.15) is 4.98 Å². The molecule has 3 fully saturated rings. The Morgan fingerprint density at radius 3 is 2.53 bits per heavy atom. The van der Waals surface area contributed by atoms with Crippen LogP contribution >= 0.6 is 11.6 Å². The van der Waals surface area contributed by atoms with Gasteiger partial charge in [0.15, 0.2) is 11.8 Å². The number of aliphatic hydroxyl groups excluding tert-OH is 1. The average molecular weight is 535 g/mol. The van der Waals surface area contributed by atoms with Crippen molar-refractivity contribution in [3.8, 4) is 17.3 Å². The van der Waals surface area contributed by atoms with E-state index in [1.165, 1.54) is 5.69 Å². The van der Waals surface area contributed by atoms with Gasteiger partial charge in [-0.15, -0.1) is 0 Å². The van der Waals surface area contributed by atoms with Gasteiger partial charge in [-0.25, -0.2) is 9.97 Å². The lowest BCUT2D eigenvalue weighted by molar-refractivity contribution is 0.00706. The Bertz CT molecular complexity index is 1430. The molecular weight excluding hydrogens is 508 g/mol. The van der Waals surface area contributed by atoms with Crippen LogP contribution in [0.2, 0.25) is 5.02 Å². The molecule has 4 aromatic rings. The van der Waals surface area contributed by atoms with Crippen LogP contribution in [0.15, 0.2) is 54.7 Å². The van der Waals surface area contributed by atoms with Crippen molar-refractivity contribution in [1.82, 2.24) is 19.9 Å². The number of nitrogens with zero attached hydrogens (tertiary/aromatic N) is 5. The van der Waals surface area contributed by atoms with E-state index in [1.807, 2.05) is 36.5 Å². The summed E-state index contributed by atoms with van der Waals surface area (Å²) in [6.45, 7) is 4.27. The summed E-state index contributed by atoms with van der Waals surface area (Å²) in [7, 11) is 0. The highest BCUT2D eigenvalue weighted by Gasteiger charge is 2.48. The molecule has 3 saturated heterocycles. The van der Waals surface area contributed by atoms with Gasteiger partial charge in [0.1, 0.15) is 24.1 Å². The lowest BCUT2D eigenvalue weighted by Gasteiger charge is -2.36. The molecule has 1 aromatic carbocycles. The number of aromatic amines is 1. The Hall–Kier alpha value is -3.44. The van der Waals surface area contributed by atoms with Crippen LogP contribution in [-0.2, 0) is 9.47 Å². The fourth-order valence-electron chi connectivity index (χ4n) is 5.41. The van der Waals surface area contributed by atoms with E-state index in [0.29, 0.717) is 34.5 Å². The first-order valence-corrected chi connectivity index (χ1v) is 13.2. The standard InChI is InChI=1S/C27H27ClN6O4/c28-18-13-19-26(32-27(30-19)38-21-15-37-24-20(35)14-36-25(21)24)31-23(18)16-4-6-17(7-5-16)33-9-11-34(12-10-33)22-3-1-2-8-29-22/h1-8,13,20-21,24-25,35H,9-12,14-15H2,(H,30,31,32). The highest BCUT2D eigenvalue weighted by molar-refractivity contribution is 6.33. The molecule has 11 heteroatoms. The monoisotopic (exact) mass is 534 g/mol. The SMILES string of the molecule is OC1COC2C(Oc3nc4nc(-c5ccc(N6CCN(c7ccccn7)CC6)cc5)c(Cl)cc4[nH]3)COC12. The van der Waals surface area contributed by atoms with Gasteiger partial charge >= 0.3 is 0 Å². The molecule has 3 aliphatic heterocycles. The summed E-state index contributed by atoms with van der Waals surface area (Å²) in [5.74, 6) is 1.02.